The highest BCUT2D eigenvalue weighted by Gasteiger charge is 1.99. The van der Waals surface area contributed by atoms with Crippen LogP contribution in [-0.2, 0) is 6.54 Å². The molecule has 0 fully saturated rings. The van der Waals surface area contributed by atoms with Gasteiger partial charge in [0.1, 0.15) is 0 Å². The summed E-state index contributed by atoms with van der Waals surface area (Å²) in [7, 11) is 0. The van der Waals surface area contributed by atoms with Crippen molar-refractivity contribution in [2.75, 3.05) is 6.61 Å². The molecule has 0 amide bonds. The Morgan fingerprint density at radius 3 is 3.08 bits per heavy atom. The standard InChI is InChI=1S/C10H16N2O/c1-9(4-6-13)12-8-10-3-2-5-11-7-10/h2-3,5,7,9,12-13H,4,6,8H2,1H3. The molecule has 1 aromatic heterocycles. The van der Waals surface area contributed by atoms with Crippen molar-refractivity contribution in [1.29, 1.82) is 0 Å². The van der Waals surface area contributed by atoms with Crippen LogP contribution < -0.4 is 5.32 Å². The van der Waals surface area contributed by atoms with Gasteiger partial charge in [-0.1, -0.05) is 6.07 Å². The minimum Gasteiger partial charge on any atom is -0.396 e. The lowest BCUT2D eigenvalue weighted by atomic mass is 10.2. The molecule has 3 heteroatoms. The molecule has 72 valence electrons. The van der Waals surface area contributed by atoms with E-state index in [4.69, 9.17) is 5.11 Å². The monoisotopic (exact) mass is 180 g/mol. The summed E-state index contributed by atoms with van der Waals surface area (Å²) in [6, 6.07) is 4.31. The first kappa shape index (κ1) is 10.2. The third-order valence-corrected chi connectivity index (χ3v) is 1.94. The number of pyridine rings is 1. The van der Waals surface area contributed by atoms with Crippen molar-refractivity contribution in [2.24, 2.45) is 0 Å². The molecule has 0 aliphatic rings. The van der Waals surface area contributed by atoms with Gasteiger partial charge in [-0.2, -0.15) is 0 Å². The van der Waals surface area contributed by atoms with E-state index >= 15 is 0 Å². The van der Waals surface area contributed by atoms with Crippen LogP contribution in [0.2, 0.25) is 0 Å². The smallest absolute Gasteiger partial charge is 0.0445 e. The molecular weight excluding hydrogens is 164 g/mol. The number of rotatable bonds is 5. The van der Waals surface area contributed by atoms with E-state index < -0.39 is 0 Å². The predicted molar refractivity (Wildman–Crippen MR) is 52.2 cm³/mol. The summed E-state index contributed by atoms with van der Waals surface area (Å²) >= 11 is 0. The van der Waals surface area contributed by atoms with E-state index in [0.29, 0.717) is 6.04 Å². The first-order valence-electron chi connectivity index (χ1n) is 4.56. The van der Waals surface area contributed by atoms with Crippen LogP contribution in [0.25, 0.3) is 0 Å². The number of aliphatic hydroxyl groups is 1. The number of aromatic nitrogens is 1. The summed E-state index contributed by atoms with van der Waals surface area (Å²) in [6.45, 7) is 3.11. The number of nitrogens with zero attached hydrogens (tertiary/aromatic N) is 1. The van der Waals surface area contributed by atoms with Crippen molar-refractivity contribution >= 4 is 0 Å². The first-order chi connectivity index (χ1) is 6.33. The van der Waals surface area contributed by atoms with Gasteiger partial charge < -0.3 is 10.4 Å². The Balaban J connectivity index is 2.27. The molecule has 0 aliphatic heterocycles. The molecule has 1 atom stereocenters. The maximum atomic E-state index is 8.68. The van der Waals surface area contributed by atoms with Gasteiger partial charge in [0, 0.05) is 31.6 Å². The van der Waals surface area contributed by atoms with Crippen LogP contribution in [0.15, 0.2) is 24.5 Å². The van der Waals surface area contributed by atoms with E-state index in [9.17, 15) is 0 Å². The van der Waals surface area contributed by atoms with Crippen LogP contribution in [0.4, 0.5) is 0 Å². The molecule has 0 aromatic carbocycles. The fourth-order valence-electron chi connectivity index (χ4n) is 1.09. The molecule has 1 aromatic rings. The second-order valence-corrected chi connectivity index (χ2v) is 3.16. The van der Waals surface area contributed by atoms with Crippen molar-refractivity contribution in [2.45, 2.75) is 25.9 Å². The molecule has 0 radical (unpaired) electrons. The quantitative estimate of drug-likeness (QED) is 0.709. The maximum absolute atomic E-state index is 8.68. The minimum atomic E-state index is 0.237. The lowest BCUT2D eigenvalue weighted by Crippen LogP contribution is -2.26. The summed E-state index contributed by atoms with van der Waals surface area (Å²) in [5, 5.41) is 12.0. The number of aliphatic hydroxyl groups excluding tert-OH is 1. The van der Waals surface area contributed by atoms with Crippen LogP contribution in [0.1, 0.15) is 18.9 Å². The van der Waals surface area contributed by atoms with Crippen LogP contribution >= 0.6 is 0 Å². The summed E-state index contributed by atoms with van der Waals surface area (Å²) in [5.74, 6) is 0. The lowest BCUT2D eigenvalue weighted by Gasteiger charge is -2.11. The summed E-state index contributed by atoms with van der Waals surface area (Å²) in [6.07, 6.45) is 4.40. The minimum absolute atomic E-state index is 0.237. The topological polar surface area (TPSA) is 45.1 Å². The molecule has 3 nitrogen and oxygen atoms in total. The van der Waals surface area contributed by atoms with E-state index in [2.05, 4.69) is 17.2 Å². The fourth-order valence-corrected chi connectivity index (χ4v) is 1.09. The van der Waals surface area contributed by atoms with E-state index in [-0.39, 0.29) is 6.61 Å². The van der Waals surface area contributed by atoms with Gasteiger partial charge in [-0.15, -0.1) is 0 Å². The van der Waals surface area contributed by atoms with Gasteiger partial charge in [0.05, 0.1) is 0 Å². The van der Waals surface area contributed by atoms with Gasteiger partial charge in [0.25, 0.3) is 0 Å². The highest BCUT2D eigenvalue weighted by atomic mass is 16.3. The van der Waals surface area contributed by atoms with Gasteiger partial charge in [-0.25, -0.2) is 0 Å². The second-order valence-electron chi connectivity index (χ2n) is 3.16. The van der Waals surface area contributed by atoms with Crippen molar-refractivity contribution < 1.29 is 5.11 Å². The van der Waals surface area contributed by atoms with Crippen LogP contribution in [0, 0.1) is 0 Å². The van der Waals surface area contributed by atoms with E-state index in [1.165, 1.54) is 5.56 Å². The molecule has 0 aliphatic carbocycles. The average molecular weight is 180 g/mol. The number of nitrogens with one attached hydrogen (secondary N) is 1. The zero-order valence-corrected chi connectivity index (χ0v) is 7.90. The summed E-state index contributed by atoms with van der Waals surface area (Å²) in [4.78, 5) is 4.02. The SMILES string of the molecule is CC(CCO)NCc1cccnc1. The largest absolute Gasteiger partial charge is 0.396 e. The molecule has 0 saturated heterocycles. The average Bonchev–Trinajstić information content (AvgIpc) is 2.17. The van der Waals surface area contributed by atoms with Crippen molar-refractivity contribution in [1.82, 2.24) is 10.3 Å². The van der Waals surface area contributed by atoms with Gasteiger partial charge in [0.15, 0.2) is 0 Å². The Hall–Kier alpha value is -0.930. The van der Waals surface area contributed by atoms with Crippen LogP contribution in [-0.4, -0.2) is 22.7 Å². The Labute approximate surface area is 78.8 Å². The third-order valence-electron chi connectivity index (χ3n) is 1.94. The predicted octanol–water partition coefficient (Wildman–Crippen LogP) is 0.942. The Morgan fingerprint density at radius 2 is 2.46 bits per heavy atom. The van der Waals surface area contributed by atoms with E-state index in [1.54, 1.807) is 6.20 Å². The van der Waals surface area contributed by atoms with Crippen LogP contribution in [0.5, 0.6) is 0 Å². The zero-order valence-electron chi connectivity index (χ0n) is 7.90. The van der Waals surface area contributed by atoms with Gasteiger partial charge in [0.2, 0.25) is 0 Å². The molecule has 1 unspecified atom stereocenters. The third kappa shape index (κ3) is 4.01. The second kappa shape index (κ2) is 5.67. The molecule has 0 bridgehead atoms. The Bertz CT molecular complexity index is 226. The van der Waals surface area contributed by atoms with Crippen molar-refractivity contribution in [3.63, 3.8) is 0 Å². The zero-order chi connectivity index (χ0) is 9.52. The highest BCUT2D eigenvalue weighted by molar-refractivity contribution is 5.07. The highest BCUT2D eigenvalue weighted by Crippen LogP contribution is 1.96. The molecule has 1 heterocycles. The number of hydrogen-bond acceptors (Lipinski definition) is 3. The Kier molecular flexibility index (Phi) is 4.43. The van der Waals surface area contributed by atoms with E-state index in [0.717, 1.165) is 13.0 Å². The van der Waals surface area contributed by atoms with E-state index in [1.807, 2.05) is 18.3 Å². The Morgan fingerprint density at radius 1 is 1.62 bits per heavy atom. The van der Waals surface area contributed by atoms with Gasteiger partial charge in [-0.3, -0.25) is 4.98 Å². The molecule has 13 heavy (non-hydrogen) atoms. The summed E-state index contributed by atoms with van der Waals surface area (Å²) < 4.78 is 0. The molecule has 0 spiro atoms. The van der Waals surface area contributed by atoms with Gasteiger partial charge >= 0.3 is 0 Å². The lowest BCUT2D eigenvalue weighted by molar-refractivity contribution is 0.268. The summed E-state index contributed by atoms with van der Waals surface area (Å²) in [5.41, 5.74) is 1.17. The fraction of sp³-hybridized carbons (Fsp3) is 0.500. The molecule has 1 rings (SSSR count). The first-order valence-corrected chi connectivity index (χ1v) is 4.56. The normalized spacial score (nSPS) is 12.8. The molecule has 0 saturated carbocycles. The van der Waals surface area contributed by atoms with Crippen molar-refractivity contribution in [3.8, 4) is 0 Å². The molecule has 2 N–H and O–H groups in total. The maximum Gasteiger partial charge on any atom is 0.0445 e. The number of hydrogen-bond donors (Lipinski definition) is 2. The molecular formula is C10H16N2O. The van der Waals surface area contributed by atoms with Gasteiger partial charge in [-0.05, 0) is 25.0 Å². The van der Waals surface area contributed by atoms with Crippen molar-refractivity contribution in [3.05, 3.63) is 30.1 Å². The van der Waals surface area contributed by atoms with Crippen LogP contribution in [0.3, 0.4) is 0 Å².